The molecule has 17 heavy (non-hydrogen) atoms. The van der Waals surface area contributed by atoms with Gasteiger partial charge in [-0.3, -0.25) is 0 Å². The van der Waals surface area contributed by atoms with Crippen LogP contribution in [-0.2, 0) is 0 Å². The SMILES string of the molecule is CC[C@H](C)N(C)C(=S)Nc1ccccc1C#N. The van der Waals surface area contributed by atoms with Crippen molar-refractivity contribution in [3.8, 4) is 6.07 Å². The highest BCUT2D eigenvalue weighted by molar-refractivity contribution is 7.80. The monoisotopic (exact) mass is 247 g/mol. The Morgan fingerprint density at radius 3 is 2.76 bits per heavy atom. The van der Waals surface area contributed by atoms with Crippen molar-refractivity contribution in [3.05, 3.63) is 29.8 Å². The number of nitrogens with one attached hydrogen (secondary N) is 1. The lowest BCUT2D eigenvalue weighted by atomic mass is 10.2. The average Bonchev–Trinajstić information content (AvgIpc) is 2.37. The van der Waals surface area contributed by atoms with E-state index in [0.717, 1.165) is 12.1 Å². The van der Waals surface area contributed by atoms with Crippen LogP contribution in [0.3, 0.4) is 0 Å². The number of benzene rings is 1. The number of para-hydroxylation sites is 1. The molecule has 0 saturated heterocycles. The zero-order valence-corrected chi connectivity index (χ0v) is 11.2. The number of rotatable bonds is 3. The zero-order valence-electron chi connectivity index (χ0n) is 10.4. The van der Waals surface area contributed by atoms with Crippen LogP contribution >= 0.6 is 12.2 Å². The topological polar surface area (TPSA) is 39.1 Å². The van der Waals surface area contributed by atoms with Crippen molar-refractivity contribution in [1.29, 1.82) is 5.26 Å². The predicted octanol–water partition coefficient (Wildman–Crippen LogP) is 2.99. The molecule has 0 aliphatic heterocycles. The fourth-order valence-corrected chi connectivity index (χ4v) is 1.66. The summed E-state index contributed by atoms with van der Waals surface area (Å²) in [4.78, 5) is 2.00. The van der Waals surface area contributed by atoms with E-state index in [1.165, 1.54) is 0 Å². The summed E-state index contributed by atoms with van der Waals surface area (Å²) in [5, 5.41) is 12.7. The van der Waals surface area contributed by atoms with Crippen molar-refractivity contribution < 1.29 is 0 Å². The van der Waals surface area contributed by atoms with Crippen LogP contribution < -0.4 is 5.32 Å². The second-order valence-electron chi connectivity index (χ2n) is 3.96. The Morgan fingerprint density at radius 2 is 2.18 bits per heavy atom. The molecule has 1 rings (SSSR count). The van der Waals surface area contributed by atoms with E-state index in [0.29, 0.717) is 16.7 Å². The van der Waals surface area contributed by atoms with Gasteiger partial charge in [0.25, 0.3) is 0 Å². The number of nitrogens with zero attached hydrogens (tertiary/aromatic N) is 2. The quantitative estimate of drug-likeness (QED) is 0.833. The lowest BCUT2D eigenvalue weighted by Gasteiger charge is -2.27. The highest BCUT2D eigenvalue weighted by Gasteiger charge is 2.11. The first-order valence-electron chi connectivity index (χ1n) is 5.63. The van der Waals surface area contributed by atoms with Gasteiger partial charge in [-0.2, -0.15) is 5.26 Å². The van der Waals surface area contributed by atoms with Crippen molar-refractivity contribution >= 4 is 23.0 Å². The average molecular weight is 247 g/mol. The number of hydrogen-bond donors (Lipinski definition) is 1. The van der Waals surface area contributed by atoms with Crippen molar-refractivity contribution in [1.82, 2.24) is 4.90 Å². The molecular formula is C13H17N3S. The van der Waals surface area contributed by atoms with Crippen LogP contribution in [0.2, 0.25) is 0 Å². The van der Waals surface area contributed by atoms with Gasteiger partial charge in [0.2, 0.25) is 0 Å². The Labute approximate surface area is 108 Å². The van der Waals surface area contributed by atoms with E-state index in [1.807, 2.05) is 30.1 Å². The third-order valence-electron chi connectivity index (χ3n) is 2.86. The molecule has 1 aromatic rings. The molecule has 1 N–H and O–H groups in total. The molecular weight excluding hydrogens is 230 g/mol. The first-order valence-corrected chi connectivity index (χ1v) is 6.04. The van der Waals surface area contributed by atoms with Gasteiger partial charge in [0.1, 0.15) is 6.07 Å². The van der Waals surface area contributed by atoms with Crippen LogP contribution in [-0.4, -0.2) is 23.1 Å². The van der Waals surface area contributed by atoms with Crippen LogP contribution in [0.4, 0.5) is 5.69 Å². The van der Waals surface area contributed by atoms with Crippen LogP contribution in [0.1, 0.15) is 25.8 Å². The van der Waals surface area contributed by atoms with Crippen molar-refractivity contribution in [2.24, 2.45) is 0 Å². The van der Waals surface area contributed by atoms with E-state index >= 15 is 0 Å². The highest BCUT2D eigenvalue weighted by atomic mass is 32.1. The molecule has 0 bridgehead atoms. The third kappa shape index (κ3) is 3.43. The molecule has 0 spiro atoms. The Morgan fingerprint density at radius 1 is 1.53 bits per heavy atom. The van der Waals surface area contributed by atoms with Gasteiger partial charge < -0.3 is 10.2 Å². The lowest BCUT2D eigenvalue weighted by molar-refractivity contribution is 0.386. The Hall–Kier alpha value is -1.60. The number of anilines is 1. The van der Waals surface area contributed by atoms with Gasteiger partial charge >= 0.3 is 0 Å². The number of nitriles is 1. The van der Waals surface area contributed by atoms with Crippen molar-refractivity contribution in [3.63, 3.8) is 0 Å². The molecule has 0 aromatic heterocycles. The summed E-state index contributed by atoms with van der Waals surface area (Å²) in [5.74, 6) is 0. The fraction of sp³-hybridized carbons (Fsp3) is 0.385. The minimum Gasteiger partial charge on any atom is -0.349 e. The molecule has 0 saturated carbocycles. The van der Waals surface area contributed by atoms with E-state index in [4.69, 9.17) is 17.5 Å². The third-order valence-corrected chi connectivity index (χ3v) is 3.25. The maximum atomic E-state index is 8.98. The smallest absolute Gasteiger partial charge is 0.173 e. The largest absolute Gasteiger partial charge is 0.349 e. The van der Waals surface area contributed by atoms with Gasteiger partial charge in [-0.05, 0) is 37.7 Å². The molecule has 0 radical (unpaired) electrons. The van der Waals surface area contributed by atoms with Gasteiger partial charge in [-0.15, -0.1) is 0 Å². The first-order chi connectivity index (χ1) is 8.10. The summed E-state index contributed by atoms with van der Waals surface area (Å²) in [6, 6.07) is 9.87. The fourth-order valence-electron chi connectivity index (χ4n) is 1.37. The van der Waals surface area contributed by atoms with Gasteiger partial charge in [-0.25, -0.2) is 0 Å². The molecule has 0 aliphatic carbocycles. The second kappa shape index (κ2) is 6.21. The Bertz CT molecular complexity index is 437. The van der Waals surface area contributed by atoms with Crippen molar-refractivity contribution in [2.45, 2.75) is 26.3 Å². The number of thiocarbonyl (C=S) groups is 1. The molecule has 0 unspecified atom stereocenters. The maximum Gasteiger partial charge on any atom is 0.173 e. The van der Waals surface area contributed by atoms with Crippen molar-refractivity contribution in [2.75, 3.05) is 12.4 Å². The minimum absolute atomic E-state index is 0.379. The summed E-state index contributed by atoms with van der Waals surface area (Å²) >= 11 is 5.31. The second-order valence-corrected chi connectivity index (χ2v) is 4.34. The maximum absolute atomic E-state index is 8.98. The normalized spacial score (nSPS) is 11.4. The molecule has 0 fully saturated rings. The molecule has 3 nitrogen and oxygen atoms in total. The summed E-state index contributed by atoms with van der Waals surface area (Å²) in [6.07, 6.45) is 1.03. The molecule has 4 heteroatoms. The summed E-state index contributed by atoms with van der Waals surface area (Å²) < 4.78 is 0. The summed E-state index contributed by atoms with van der Waals surface area (Å²) in [6.45, 7) is 4.23. The van der Waals surface area contributed by atoms with Gasteiger partial charge in [-0.1, -0.05) is 19.1 Å². The molecule has 0 aliphatic rings. The van der Waals surface area contributed by atoms with Crippen LogP contribution in [0.25, 0.3) is 0 Å². The summed E-state index contributed by atoms with van der Waals surface area (Å²) in [7, 11) is 1.96. The van der Waals surface area contributed by atoms with E-state index in [9.17, 15) is 0 Å². The molecule has 90 valence electrons. The standard InChI is InChI=1S/C13H17N3S/c1-4-10(2)16(3)13(17)15-12-8-6-5-7-11(12)9-14/h5-8,10H,4H2,1-3H3,(H,15,17)/t10-/m0/s1. The van der Waals surface area contributed by atoms with E-state index in [-0.39, 0.29) is 0 Å². The highest BCUT2D eigenvalue weighted by Crippen LogP contribution is 2.14. The lowest BCUT2D eigenvalue weighted by Crippen LogP contribution is -2.37. The molecule has 0 heterocycles. The van der Waals surface area contributed by atoms with Crippen LogP contribution in [0, 0.1) is 11.3 Å². The van der Waals surface area contributed by atoms with E-state index < -0.39 is 0 Å². The Kier molecular flexibility index (Phi) is 4.92. The molecule has 1 atom stereocenters. The number of hydrogen-bond acceptors (Lipinski definition) is 2. The van der Waals surface area contributed by atoms with Gasteiger partial charge in [0, 0.05) is 13.1 Å². The van der Waals surface area contributed by atoms with Gasteiger partial charge in [0.05, 0.1) is 11.3 Å². The van der Waals surface area contributed by atoms with Crippen LogP contribution in [0.5, 0.6) is 0 Å². The van der Waals surface area contributed by atoms with E-state index in [2.05, 4.69) is 25.2 Å². The molecule has 1 aromatic carbocycles. The zero-order chi connectivity index (χ0) is 12.8. The molecule has 0 amide bonds. The van der Waals surface area contributed by atoms with Gasteiger partial charge in [0.15, 0.2) is 5.11 Å². The Balaban J connectivity index is 2.78. The first kappa shape index (κ1) is 13.5. The predicted molar refractivity (Wildman–Crippen MR) is 74.9 cm³/mol. The van der Waals surface area contributed by atoms with Crippen LogP contribution in [0.15, 0.2) is 24.3 Å². The minimum atomic E-state index is 0.379. The van der Waals surface area contributed by atoms with E-state index in [1.54, 1.807) is 6.07 Å². The summed E-state index contributed by atoms with van der Waals surface area (Å²) in [5.41, 5.74) is 1.36.